The van der Waals surface area contributed by atoms with E-state index >= 15 is 0 Å². The topological polar surface area (TPSA) is 84.7 Å². The minimum atomic E-state index is -3.71. The van der Waals surface area contributed by atoms with Gasteiger partial charge in [0.05, 0.1) is 17.7 Å². The first-order valence-corrected chi connectivity index (χ1v) is 8.58. The van der Waals surface area contributed by atoms with Gasteiger partial charge in [-0.25, -0.2) is 13.6 Å². The normalized spacial score (nSPS) is 20.2. The fourth-order valence-corrected chi connectivity index (χ4v) is 3.24. The summed E-state index contributed by atoms with van der Waals surface area (Å²) in [6, 6.07) is 4.60. The molecule has 6 nitrogen and oxygen atoms in total. The van der Waals surface area contributed by atoms with Crippen LogP contribution in [-0.4, -0.2) is 47.1 Å². The van der Waals surface area contributed by atoms with E-state index in [4.69, 9.17) is 9.88 Å². The number of hydrogen-bond acceptors (Lipinski definition) is 5. The van der Waals surface area contributed by atoms with Crippen molar-refractivity contribution in [3.8, 4) is 5.75 Å². The lowest BCUT2D eigenvalue weighted by Gasteiger charge is -2.30. The van der Waals surface area contributed by atoms with Crippen molar-refractivity contribution < 1.29 is 13.2 Å². The zero-order chi connectivity index (χ0) is 15.5. The second-order valence-electron chi connectivity index (χ2n) is 5.56. The lowest BCUT2D eigenvalue weighted by Crippen LogP contribution is -2.35. The summed E-state index contributed by atoms with van der Waals surface area (Å²) in [6.45, 7) is 2.97. The van der Waals surface area contributed by atoms with Gasteiger partial charge in [0.1, 0.15) is 5.75 Å². The van der Waals surface area contributed by atoms with Gasteiger partial charge < -0.3 is 15.0 Å². The van der Waals surface area contributed by atoms with E-state index in [-0.39, 0.29) is 4.90 Å². The number of nitrogens with zero attached hydrogens (tertiary/aromatic N) is 1. The van der Waals surface area contributed by atoms with Crippen LogP contribution in [0.5, 0.6) is 5.75 Å². The highest BCUT2D eigenvalue weighted by molar-refractivity contribution is 7.89. The predicted octanol–water partition coefficient (Wildman–Crippen LogP) is 1.10. The molecule has 0 bridgehead atoms. The summed E-state index contributed by atoms with van der Waals surface area (Å²) in [6.07, 6.45) is 2.37. The van der Waals surface area contributed by atoms with E-state index in [2.05, 4.69) is 17.3 Å². The summed E-state index contributed by atoms with van der Waals surface area (Å²) in [7, 11) is -0.0256. The first-order valence-electron chi connectivity index (χ1n) is 7.03. The van der Waals surface area contributed by atoms with Gasteiger partial charge in [-0.1, -0.05) is 0 Å². The molecule has 1 atom stereocenters. The van der Waals surface area contributed by atoms with Gasteiger partial charge in [-0.3, -0.25) is 0 Å². The van der Waals surface area contributed by atoms with E-state index in [0.717, 1.165) is 19.6 Å². The molecular formula is C14H23N3O3S. The Kier molecular flexibility index (Phi) is 5.08. The number of rotatable bonds is 5. The third-order valence-electron chi connectivity index (χ3n) is 3.80. The Morgan fingerprint density at radius 3 is 2.86 bits per heavy atom. The van der Waals surface area contributed by atoms with E-state index in [1.54, 1.807) is 13.2 Å². The number of benzene rings is 1. The molecule has 0 radical (unpaired) electrons. The molecule has 0 aliphatic carbocycles. The average molecular weight is 313 g/mol. The molecule has 1 aromatic rings. The van der Waals surface area contributed by atoms with E-state index in [1.165, 1.54) is 25.0 Å². The van der Waals surface area contributed by atoms with Crippen LogP contribution in [0.4, 0.5) is 5.69 Å². The van der Waals surface area contributed by atoms with Crippen LogP contribution in [0.15, 0.2) is 23.1 Å². The minimum Gasteiger partial charge on any atom is -0.495 e. The van der Waals surface area contributed by atoms with Crippen LogP contribution >= 0.6 is 0 Å². The van der Waals surface area contributed by atoms with Gasteiger partial charge in [0.25, 0.3) is 0 Å². The molecule has 0 spiro atoms. The summed E-state index contributed by atoms with van der Waals surface area (Å²) in [5.74, 6) is 1.16. The SMILES string of the molecule is COc1ccc(S(N)(=O)=O)cc1NCC1CCCN(C)C1. The van der Waals surface area contributed by atoms with Crippen molar-refractivity contribution in [1.82, 2.24) is 4.90 Å². The second-order valence-corrected chi connectivity index (χ2v) is 7.12. The molecule has 1 fully saturated rings. The van der Waals surface area contributed by atoms with Crippen molar-refractivity contribution in [2.75, 3.05) is 39.1 Å². The van der Waals surface area contributed by atoms with Crippen LogP contribution in [-0.2, 0) is 10.0 Å². The number of nitrogens with two attached hydrogens (primary N) is 1. The van der Waals surface area contributed by atoms with Gasteiger partial charge in [-0.2, -0.15) is 0 Å². The zero-order valence-corrected chi connectivity index (χ0v) is 13.3. The van der Waals surface area contributed by atoms with Crippen molar-refractivity contribution in [1.29, 1.82) is 0 Å². The number of methoxy groups -OCH3 is 1. The number of primary sulfonamides is 1. The number of likely N-dealkylation sites (tertiary alicyclic amines) is 1. The Morgan fingerprint density at radius 2 is 2.24 bits per heavy atom. The van der Waals surface area contributed by atoms with E-state index in [9.17, 15) is 8.42 Å². The molecule has 0 saturated carbocycles. The Morgan fingerprint density at radius 1 is 1.48 bits per heavy atom. The van der Waals surface area contributed by atoms with E-state index < -0.39 is 10.0 Å². The maximum atomic E-state index is 11.4. The molecule has 1 aliphatic heterocycles. The largest absolute Gasteiger partial charge is 0.495 e. The third-order valence-corrected chi connectivity index (χ3v) is 4.71. The molecule has 21 heavy (non-hydrogen) atoms. The molecule has 1 aliphatic rings. The van der Waals surface area contributed by atoms with Gasteiger partial charge in [-0.05, 0) is 50.6 Å². The summed E-state index contributed by atoms with van der Waals surface area (Å²) < 4.78 is 28.1. The molecule has 7 heteroatoms. The van der Waals surface area contributed by atoms with Gasteiger partial charge in [0, 0.05) is 13.1 Å². The Balaban J connectivity index is 2.10. The lowest BCUT2D eigenvalue weighted by molar-refractivity contribution is 0.217. The summed E-state index contributed by atoms with van der Waals surface area (Å²) in [5.41, 5.74) is 0.664. The van der Waals surface area contributed by atoms with E-state index in [0.29, 0.717) is 17.4 Å². The van der Waals surface area contributed by atoms with Crippen molar-refractivity contribution in [3.63, 3.8) is 0 Å². The fourth-order valence-electron chi connectivity index (χ4n) is 2.70. The Labute approximate surface area is 126 Å². The maximum absolute atomic E-state index is 11.4. The van der Waals surface area contributed by atoms with Gasteiger partial charge >= 0.3 is 0 Å². The van der Waals surface area contributed by atoms with E-state index in [1.807, 2.05) is 0 Å². The predicted molar refractivity (Wildman–Crippen MR) is 83.1 cm³/mol. The van der Waals surface area contributed by atoms with Crippen LogP contribution < -0.4 is 15.2 Å². The highest BCUT2D eigenvalue weighted by Gasteiger charge is 2.18. The first-order chi connectivity index (χ1) is 9.90. The van der Waals surface area contributed by atoms with Crippen LogP contribution in [0.3, 0.4) is 0 Å². The Hall–Kier alpha value is -1.31. The molecular weight excluding hydrogens is 290 g/mol. The quantitative estimate of drug-likeness (QED) is 0.850. The molecule has 1 heterocycles. The smallest absolute Gasteiger partial charge is 0.238 e. The lowest BCUT2D eigenvalue weighted by atomic mass is 9.98. The van der Waals surface area contributed by atoms with Crippen LogP contribution in [0.25, 0.3) is 0 Å². The molecule has 0 amide bonds. The van der Waals surface area contributed by atoms with Gasteiger partial charge in [-0.15, -0.1) is 0 Å². The standard InChI is InChI=1S/C14H23N3O3S/c1-17-7-3-4-11(10-17)9-16-13-8-12(21(15,18)19)5-6-14(13)20-2/h5-6,8,11,16H,3-4,7,9-10H2,1-2H3,(H2,15,18,19). The summed E-state index contributed by atoms with van der Waals surface area (Å²) in [5, 5.41) is 8.47. The van der Waals surface area contributed by atoms with Gasteiger partial charge in [0.2, 0.25) is 10.0 Å². The van der Waals surface area contributed by atoms with Crippen molar-refractivity contribution in [3.05, 3.63) is 18.2 Å². The molecule has 1 aromatic carbocycles. The molecule has 0 aromatic heterocycles. The Bertz CT molecular complexity index is 589. The summed E-state index contributed by atoms with van der Waals surface area (Å²) in [4.78, 5) is 2.40. The number of nitrogens with one attached hydrogen (secondary N) is 1. The summed E-state index contributed by atoms with van der Waals surface area (Å²) >= 11 is 0. The van der Waals surface area contributed by atoms with Crippen LogP contribution in [0, 0.1) is 5.92 Å². The molecule has 1 unspecified atom stereocenters. The van der Waals surface area contributed by atoms with Gasteiger partial charge in [0.15, 0.2) is 0 Å². The van der Waals surface area contributed by atoms with Crippen molar-refractivity contribution in [2.24, 2.45) is 11.1 Å². The monoisotopic (exact) mass is 313 g/mol. The number of sulfonamides is 1. The molecule has 1 saturated heterocycles. The van der Waals surface area contributed by atoms with Crippen molar-refractivity contribution in [2.45, 2.75) is 17.7 Å². The maximum Gasteiger partial charge on any atom is 0.238 e. The van der Waals surface area contributed by atoms with Crippen LogP contribution in [0.2, 0.25) is 0 Å². The number of piperidine rings is 1. The first kappa shape index (κ1) is 16.1. The molecule has 2 rings (SSSR count). The minimum absolute atomic E-state index is 0.0894. The highest BCUT2D eigenvalue weighted by Crippen LogP contribution is 2.28. The van der Waals surface area contributed by atoms with Crippen molar-refractivity contribution >= 4 is 15.7 Å². The zero-order valence-electron chi connectivity index (χ0n) is 12.5. The molecule has 118 valence electrons. The average Bonchev–Trinajstić information content (AvgIpc) is 2.44. The third kappa shape index (κ3) is 4.33. The number of ether oxygens (including phenoxy) is 1. The molecule has 3 N–H and O–H groups in total. The van der Waals surface area contributed by atoms with Crippen LogP contribution in [0.1, 0.15) is 12.8 Å². The number of anilines is 1. The highest BCUT2D eigenvalue weighted by atomic mass is 32.2. The fraction of sp³-hybridized carbons (Fsp3) is 0.571. The second kappa shape index (κ2) is 6.64. The number of hydrogen-bond donors (Lipinski definition) is 2.